The molecule has 1 N–H and O–H groups in total. The summed E-state index contributed by atoms with van der Waals surface area (Å²) >= 11 is 0. The van der Waals surface area contributed by atoms with E-state index >= 15 is 0 Å². The fourth-order valence-electron chi connectivity index (χ4n) is 0.979. The minimum atomic E-state index is -0.536. The Labute approximate surface area is 88.9 Å². The molecule has 4 nitrogen and oxygen atoms in total. The lowest BCUT2D eigenvalue weighted by Gasteiger charge is -2.10. The van der Waals surface area contributed by atoms with Gasteiger partial charge >= 0.3 is 0 Å². The van der Waals surface area contributed by atoms with Crippen molar-refractivity contribution >= 4 is 5.95 Å². The van der Waals surface area contributed by atoms with E-state index in [1.54, 1.807) is 0 Å². The molecule has 0 aliphatic heterocycles. The average molecular weight is 213 g/mol. The summed E-state index contributed by atoms with van der Waals surface area (Å²) in [6.07, 6.45) is 1.97. The van der Waals surface area contributed by atoms with Gasteiger partial charge in [-0.2, -0.15) is 9.37 Å². The molecule has 0 saturated heterocycles. The van der Waals surface area contributed by atoms with Crippen molar-refractivity contribution in [2.45, 2.75) is 33.3 Å². The number of aromatic nitrogens is 2. The van der Waals surface area contributed by atoms with Gasteiger partial charge in [-0.25, -0.2) is 4.98 Å². The summed E-state index contributed by atoms with van der Waals surface area (Å²) in [4.78, 5) is 7.74. The van der Waals surface area contributed by atoms with E-state index in [1.165, 1.54) is 0 Å². The van der Waals surface area contributed by atoms with E-state index in [9.17, 15) is 4.39 Å². The second-order valence-corrected chi connectivity index (χ2v) is 3.44. The molecular weight excluding hydrogens is 197 g/mol. The molecule has 0 saturated carbocycles. The number of hydrogen-bond donors (Lipinski definition) is 1. The van der Waals surface area contributed by atoms with E-state index in [2.05, 4.69) is 15.3 Å². The molecule has 0 fully saturated rings. The van der Waals surface area contributed by atoms with Crippen LogP contribution < -0.4 is 10.1 Å². The van der Waals surface area contributed by atoms with Crippen molar-refractivity contribution in [2.24, 2.45) is 0 Å². The van der Waals surface area contributed by atoms with E-state index in [0.717, 1.165) is 19.2 Å². The van der Waals surface area contributed by atoms with E-state index in [4.69, 9.17) is 4.74 Å². The minimum absolute atomic E-state index is 0.00129. The number of halogens is 1. The zero-order valence-corrected chi connectivity index (χ0v) is 9.25. The Kier molecular flexibility index (Phi) is 4.27. The fraction of sp³-hybridized carbons (Fsp3) is 0.600. The molecule has 15 heavy (non-hydrogen) atoms. The van der Waals surface area contributed by atoms with Crippen molar-refractivity contribution in [3.63, 3.8) is 0 Å². The van der Waals surface area contributed by atoms with Gasteiger partial charge in [0.1, 0.15) is 0 Å². The van der Waals surface area contributed by atoms with E-state index in [0.29, 0.717) is 5.95 Å². The van der Waals surface area contributed by atoms with Crippen molar-refractivity contribution in [3.05, 3.63) is 12.0 Å². The van der Waals surface area contributed by atoms with Gasteiger partial charge in [0.15, 0.2) is 0 Å². The standard InChI is InChI=1S/C10H16FN3O/c1-4-5-12-10-13-6-8(11)9(14-10)15-7(2)3/h6-7H,4-5H2,1-3H3,(H,12,13,14). The Balaban J connectivity index is 2.75. The normalized spacial score (nSPS) is 10.5. The largest absolute Gasteiger partial charge is 0.473 e. The van der Waals surface area contributed by atoms with Crippen LogP contribution in [-0.2, 0) is 0 Å². The molecule has 84 valence electrons. The molecule has 0 aliphatic carbocycles. The molecule has 0 aliphatic rings. The zero-order chi connectivity index (χ0) is 11.3. The lowest BCUT2D eigenvalue weighted by Crippen LogP contribution is -2.11. The number of nitrogens with one attached hydrogen (secondary N) is 1. The van der Waals surface area contributed by atoms with Gasteiger partial charge in [-0.3, -0.25) is 0 Å². The van der Waals surface area contributed by atoms with Crippen molar-refractivity contribution in [2.75, 3.05) is 11.9 Å². The first-order valence-electron chi connectivity index (χ1n) is 5.06. The number of hydrogen-bond acceptors (Lipinski definition) is 4. The van der Waals surface area contributed by atoms with Crippen LogP contribution >= 0.6 is 0 Å². The molecular formula is C10H16FN3O. The number of ether oxygens (including phenoxy) is 1. The molecule has 5 heteroatoms. The number of anilines is 1. The summed E-state index contributed by atoms with van der Waals surface area (Å²) < 4.78 is 18.4. The first-order chi connectivity index (χ1) is 7.13. The van der Waals surface area contributed by atoms with Crippen LogP contribution in [-0.4, -0.2) is 22.6 Å². The van der Waals surface area contributed by atoms with Crippen LogP contribution in [0.4, 0.5) is 10.3 Å². The second kappa shape index (κ2) is 5.48. The molecule has 0 radical (unpaired) electrons. The van der Waals surface area contributed by atoms with Gasteiger partial charge in [-0.05, 0) is 20.3 Å². The molecule has 0 spiro atoms. The third-order valence-corrected chi connectivity index (χ3v) is 1.59. The molecule has 1 aromatic rings. The summed E-state index contributed by atoms with van der Waals surface area (Å²) in [7, 11) is 0. The van der Waals surface area contributed by atoms with Crippen molar-refractivity contribution in [1.82, 2.24) is 9.97 Å². The molecule has 0 unspecified atom stereocenters. The third kappa shape index (κ3) is 3.69. The van der Waals surface area contributed by atoms with Crippen LogP contribution in [0.25, 0.3) is 0 Å². The maximum Gasteiger partial charge on any atom is 0.255 e. The van der Waals surface area contributed by atoms with Gasteiger partial charge in [0, 0.05) is 6.54 Å². The van der Waals surface area contributed by atoms with Gasteiger partial charge < -0.3 is 10.1 Å². The number of rotatable bonds is 5. The molecule has 0 bridgehead atoms. The summed E-state index contributed by atoms with van der Waals surface area (Å²) in [5.74, 6) is -0.141. The molecule has 0 aromatic carbocycles. The zero-order valence-electron chi connectivity index (χ0n) is 9.25. The van der Waals surface area contributed by atoms with Gasteiger partial charge in [0.05, 0.1) is 12.3 Å². The predicted molar refractivity (Wildman–Crippen MR) is 56.5 cm³/mol. The first kappa shape index (κ1) is 11.7. The lowest BCUT2D eigenvalue weighted by molar-refractivity contribution is 0.220. The highest BCUT2D eigenvalue weighted by atomic mass is 19.1. The smallest absolute Gasteiger partial charge is 0.255 e. The van der Waals surface area contributed by atoms with Crippen LogP contribution in [0, 0.1) is 5.82 Å². The SMILES string of the molecule is CCCNc1ncc(F)c(OC(C)C)n1. The van der Waals surface area contributed by atoms with Crippen molar-refractivity contribution in [3.8, 4) is 5.88 Å². The Bertz CT molecular complexity index is 318. The monoisotopic (exact) mass is 213 g/mol. The topological polar surface area (TPSA) is 47.0 Å². The van der Waals surface area contributed by atoms with Crippen LogP contribution in [0.3, 0.4) is 0 Å². The predicted octanol–water partition coefficient (Wildman–Crippen LogP) is 2.22. The van der Waals surface area contributed by atoms with Gasteiger partial charge in [0.2, 0.25) is 11.8 Å². The van der Waals surface area contributed by atoms with Crippen LogP contribution in [0.2, 0.25) is 0 Å². The highest BCUT2D eigenvalue weighted by Crippen LogP contribution is 2.15. The molecule has 1 aromatic heterocycles. The summed E-state index contributed by atoms with van der Waals surface area (Å²) in [5, 5.41) is 2.97. The van der Waals surface area contributed by atoms with Crippen LogP contribution in [0.15, 0.2) is 6.20 Å². The summed E-state index contributed by atoms with van der Waals surface area (Å²) in [6, 6.07) is 0. The maximum atomic E-state index is 13.2. The molecule has 1 rings (SSSR count). The van der Waals surface area contributed by atoms with Gasteiger partial charge in [-0.15, -0.1) is 0 Å². The van der Waals surface area contributed by atoms with Crippen LogP contribution in [0.1, 0.15) is 27.2 Å². The summed E-state index contributed by atoms with van der Waals surface area (Å²) in [5.41, 5.74) is 0. The molecule has 0 atom stereocenters. The van der Waals surface area contributed by atoms with Crippen molar-refractivity contribution in [1.29, 1.82) is 0 Å². The van der Waals surface area contributed by atoms with Gasteiger partial charge in [0.25, 0.3) is 5.88 Å². The Morgan fingerprint density at radius 3 is 2.87 bits per heavy atom. The van der Waals surface area contributed by atoms with E-state index in [1.807, 2.05) is 20.8 Å². The Hall–Kier alpha value is -1.39. The quantitative estimate of drug-likeness (QED) is 0.814. The number of nitrogens with zero attached hydrogens (tertiary/aromatic N) is 2. The van der Waals surface area contributed by atoms with Crippen LogP contribution in [0.5, 0.6) is 5.88 Å². The minimum Gasteiger partial charge on any atom is -0.473 e. The van der Waals surface area contributed by atoms with E-state index in [-0.39, 0.29) is 12.0 Å². The highest BCUT2D eigenvalue weighted by molar-refractivity contribution is 5.28. The Morgan fingerprint density at radius 1 is 1.53 bits per heavy atom. The lowest BCUT2D eigenvalue weighted by atomic mass is 10.5. The Morgan fingerprint density at radius 2 is 2.27 bits per heavy atom. The first-order valence-corrected chi connectivity index (χ1v) is 5.06. The van der Waals surface area contributed by atoms with Gasteiger partial charge in [-0.1, -0.05) is 6.92 Å². The summed E-state index contributed by atoms with van der Waals surface area (Å²) in [6.45, 7) is 6.43. The highest BCUT2D eigenvalue weighted by Gasteiger charge is 2.09. The van der Waals surface area contributed by atoms with Crippen molar-refractivity contribution < 1.29 is 9.13 Å². The maximum absolute atomic E-state index is 13.2. The van der Waals surface area contributed by atoms with E-state index < -0.39 is 5.82 Å². The molecule has 0 amide bonds. The fourth-order valence-corrected chi connectivity index (χ4v) is 0.979. The average Bonchev–Trinajstić information content (AvgIpc) is 2.18. The third-order valence-electron chi connectivity index (χ3n) is 1.59. The molecule has 1 heterocycles. The second-order valence-electron chi connectivity index (χ2n) is 3.44.